The highest BCUT2D eigenvalue weighted by Gasteiger charge is 2.24. The Morgan fingerprint density at radius 3 is 3.00 bits per heavy atom. The first-order valence-electron chi connectivity index (χ1n) is 5.93. The number of aromatic hydroxyl groups is 1. The van der Waals surface area contributed by atoms with E-state index in [0.29, 0.717) is 11.8 Å². The minimum Gasteiger partial charge on any atom is -0.508 e. The molecule has 0 aromatic heterocycles. The van der Waals surface area contributed by atoms with Gasteiger partial charge in [-0.2, -0.15) is 0 Å². The molecule has 0 heterocycles. The molecule has 0 amide bonds. The topological polar surface area (TPSA) is 52.5 Å². The molecule has 1 aliphatic rings. The van der Waals surface area contributed by atoms with Crippen molar-refractivity contribution in [1.29, 1.82) is 0 Å². The van der Waals surface area contributed by atoms with E-state index in [4.69, 9.17) is 0 Å². The number of fused-ring (bicyclic) bond motifs is 1. The summed E-state index contributed by atoms with van der Waals surface area (Å²) in [6, 6.07) is 6.06. The number of rotatable bonds is 4. The molecule has 0 saturated carbocycles. The standard InChI is InChI=1S/C13H19NO2/c1-2-10(8-15)14-13-6-3-9-7-11(16)4-5-12(9)13/h4-5,7,10,13-16H,2-3,6,8H2,1H3/t10-,13?/m1/s1. The van der Waals surface area contributed by atoms with Gasteiger partial charge in [-0.25, -0.2) is 0 Å². The summed E-state index contributed by atoms with van der Waals surface area (Å²) in [5, 5.41) is 22.0. The van der Waals surface area contributed by atoms with Gasteiger partial charge in [0.1, 0.15) is 5.75 Å². The molecule has 0 bridgehead atoms. The fourth-order valence-corrected chi connectivity index (χ4v) is 2.36. The van der Waals surface area contributed by atoms with Crippen molar-refractivity contribution in [3.05, 3.63) is 29.3 Å². The van der Waals surface area contributed by atoms with Gasteiger partial charge in [-0.1, -0.05) is 13.0 Å². The summed E-state index contributed by atoms with van der Waals surface area (Å²) in [6.07, 6.45) is 2.99. The molecule has 1 aromatic rings. The van der Waals surface area contributed by atoms with Gasteiger partial charge in [-0.3, -0.25) is 0 Å². The Labute approximate surface area is 96.1 Å². The van der Waals surface area contributed by atoms with Crippen molar-refractivity contribution in [3.8, 4) is 5.75 Å². The van der Waals surface area contributed by atoms with Crippen molar-refractivity contribution in [2.75, 3.05) is 6.61 Å². The van der Waals surface area contributed by atoms with Crippen LogP contribution in [0.25, 0.3) is 0 Å². The first kappa shape index (κ1) is 11.4. The molecule has 0 fully saturated rings. The van der Waals surface area contributed by atoms with Crippen LogP contribution in [0, 0.1) is 0 Å². The highest BCUT2D eigenvalue weighted by Crippen LogP contribution is 2.33. The molecule has 3 nitrogen and oxygen atoms in total. The number of hydrogen-bond donors (Lipinski definition) is 3. The van der Waals surface area contributed by atoms with Crippen LogP contribution < -0.4 is 5.32 Å². The molecule has 0 aliphatic heterocycles. The maximum Gasteiger partial charge on any atom is 0.115 e. The first-order valence-corrected chi connectivity index (χ1v) is 5.93. The van der Waals surface area contributed by atoms with Crippen molar-refractivity contribution in [2.24, 2.45) is 0 Å². The number of aliphatic hydroxyl groups is 1. The minimum absolute atomic E-state index is 0.171. The van der Waals surface area contributed by atoms with Crippen molar-refractivity contribution >= 4 is 0 Å². The summed E-state index contributed by atoms with van der Waals surface area (Å²) in [5.74, 6) is 0.341. The van der Waals surface area contributed by atoms with Crippen LogP contribution in [-0.4, -0.2) is 22.9 Å². The van der Waals surface area contributed by atoms with Crippen LogP contribution in [0.5, 0.6) is 5.75 Å². The molecule has 0 radical (unpaired) electrons. The molecule has 3 N–H and O–H groups in total. The van der Waals surface area contributed by atoms with Gasteiger partial charge in [0.25, 0.3) is 0 Å². The number of aliphatic hydroxyl groups excluding tert-OH is 1. The first-order chi connectivity index (χ1) is 7.74. The normalized spacial score (nSPS) is 20.8. The van der Waals surface area contributed by atoms with E-state index >= 15 is 0 Å². The third-order valence-corrected chi connectivity index (χ3v) is 3.35. The second kappa shape index (κ2) is 4.85. The molecule has 2 atom stereocenters. The van der Waals surface area contributed by atoms with Crippen LogP contribution in [0.3, 0.4) is 0 Å². The van der Waals surface area contributed by atoms with Crippen LogP contribution in [-0.2, 0) is 6.42 Å². The predicted molar refractivity (Wildman–Crippen MR) is 63.5 cm³/mol. The summed E-state index contributed by atoms with van der Waals surface area (Å²) in [7, 11) is 0. The molecule has 1 unspecified atom stereocenters. The lowest BCUT2D eigenvalue weighted by Gasteiger charge is -2.20. The lowest BCUT2D eigenvalue weighted by atomic mass is 10.1. The number of benzene rings is 1. The van der Waals surface area contributed by atoms with Crippen molar-refractivity contribution < 1.29 is 10.2 Å². The molecule has 1 aliphatic carbocycles. The zero-order chi connectivity index (χ0) is 11.5. The van der Waals surface area contributed by atoms with Gasteiger partial charge in [-0.15, -0.1) is 0 Å². The number of phenols is 1. The molecular formula is C13H19NO2. The van der Waals surface area contributed by atoms with E-state index in [1.807, 2.05) is 12.1 Å². The van der Waals surface area contributed by atoms with E-state index in [-0.39, 0.29) is 12.6 Å². The summed E-state index contributed by atoms with van der Waals surface area (Å²) in [6.45, 7) is 2.25. The van der Waals surface area contributed by atoms with E-state index < -0.39 is 0 Å². The highest BCUT2D eigenvalue weighted by molar-refractivity contribution is 5.40. The lowest BCUT2D eigenvalue weighted by molar-refractivity contribution is 0.227. The lowest BCUT2D eigenvalue weighted by Crippen LogP contribution is -2.34. The summed E-state index contributed by atoms with van der Waals surface area (Å²) < 4.78 is 0. The molecule has 3 heteroatoms. The van der Waals surface area contributed by atoms with Gasteiger partial charge in [0.05, 0.1) is 6.61 Å². The van der Waals surface area contributed by atoms with Crippen LogP contribution in [0.4, 0.5) is 0 Å². The Balaban J connectivity index is 2.11. The minimum atomic E-state index is 0.171. The van der Waals surface area contributed by atoms with E-state index in [9.17, 15) is 10.2 Å². The Hall–Kier alpha value is -1.06. The number of nitrogens with one attached hydrogen (secondary N) is 1. The number of phenolic OH excluding ortho intramolecular Hbond substituents is 1. The van der Waals surface area contributed by atoms with Crippen LogP contribution >= 0.6 is 0 Å². The Morgan fingerprint density at radius 2 is 2.31 bits per heavy atom. The van der Waals surface area contributed by atoms with Gasteiger partial charge in [0.2, 0.25) is 0 Å². The van der Waals surface area contributed by atoms with Crippen molar-refractivity contribution in [1.82, 2.24) is 5.32 Å². The Morgan fingerprint density at radius 1 is 1.50 bits per heavy atom. The molecule has 0 spiro atoms. The molecular weight excluding hydrogens is 202 g/mol. The summed E-state index contributed by atoms with van der Waals surface area (Å²) in [5.41, 5.74) is 2.50. The molecule has 88 valence electrons. The van der Waals surface area contributed by atoms with Crippen LogP contribution in [0.2, 0.25) is 0 Å². The fourth-order valence-electron chi connectivity index (χ4n) is 2.36. The van der Waals surface area contributed by atoms with E-state index in [0.717, 1.165) is 19.3 Å². The number of aryl methyl sites for hydroxylation is 1. The smallest absolute Gasteiger partial charge is 0.115 e. The second-order valence-corrected chi connectivity index (χ2v) is 4.43. The number of hydrogen-bond acceptors (Lipinski definition) is 3. The van der Waals surface area contributed by atoms with Crippen molar-refractivity contribution in [3.63, 3.8) is 0 Å². The fraction of sp³-hybridized carbons (Fsp3) is 0.538. The van der Waals surface area contributed by atoms with Gasteiger partial charge in [-0.05, 0) is 42.5 Å². The second-order valence-electron chi connectivity index (χ2n) is 4.43. The zero-order valence-electron chi connectivity index (χ0n) is 9.61. The van der Waals surface area contributed by atoms with Crippen LogP contribution in [0.15, 0.2) is 18.2 Å². The summed E-state index contributed by atoms with van der Waals surface area (Å²) >= 11 is 0. The van der Waals surface area contributed by atoms with Crippen LogP contribution in [0.1, 0.15) is 36.9 Å². The molecule has 2 rings (SSSR count). The van der Waals surface area contributed by atoms with Gasteiger partial charge >= 0.3 is 0 Å². The highest BCUT2D eigenvalue weighted by atomic mass is 16.3. The average Bonchev–Trinajstić information content (AvgIpc) is 2.68. The maximum atomic E-state index is 9.40. The third kappa shape index (κ3) is 2.20. The molecule has 0 saturated heterocycles. The van der Waals surface area contributed by atoms with E-state index in [1.54, 1.807) is 6.07 Å². The predicted octanol–water partition coefficient (Wildman–Crippen LogP) is 1.74. The maximum absolute atomic E-state index is 9.40. The molecule has 16 heavy (non-hydrogen) atoms. The average molecular weight is 221 g/mol. The van der Waals surface area contributed by atoms with Gasteiger partial charge in [0, 0.05) is 12.1 Å². The Kier molecular flexibility index (Phi) is 3.46. The van der Waals surface area contributed by atoms with E-state index in [1.165, 1.54) is 11.1 Å². The van der Waals surface area contributed by atoms with E-state index in [2.05, 4.69) is 12.2 Å². The summed E-state index contributed by atoms with van der Waals surface area (Å²) in [4.78, 5) is 0. The SMILES string of the molecule is CC[C@H](CO)NC1CCc2cc(O)ccc21. The van der Waals surface area contributed by atoms with Gasteiger partial charge < -0.3 is 15.5 Å². The quantitative estimate of drug-likeness (QED) is 0.726. The molecule has 1 aromatic carbocycles. The van der Waals surface area contributed by atoms with Gasteiger partial charge in [0.15, 0.2) is 0 Å². The largest absolute Gasteiger partial charge is 0.508 e. The Bertz CT molecular complexity index is 361. The van der Waals surface area contributed by atoms with Crippen molar-refractivity contribution in [2.45, 2.75) is 38.3 Å². The monoisotopic (exact) mass is 221 g/mol. The third-order valence-electron chi connectivity index (χ3n) is 3.35. The zero-order valence-corrected chi connectivity index (χ0v) is 9.61.